The highest BCUT2D eigenvalue weighted by Crippen LogP contribution is 2.42. The van der Waals surface area contributed by atoms with E-state index >= 15 is 0 Å². The van der Waals surface area contributed by atoms with Gasteiger partial charge in [-0.1, -0.05) is 0 Å². The molecule has 4 heterocycles. The highest BCUT2D eigenvalue weighted by atomic mass is 32.2. The summed E-state index contributed by atoms with van der Waals surface area (Å²) in [4.78, 5) is 60.2. The van der Waals surface area contributed by atoms with E-state index in [1.165, 1.54) is 0 Å². The average molecular weight is 761 g/mol. The standard InChI is InChI=1S/C34H43N7O11S/c1-24(42)20-37-14-16-39-28(37)22-41(18-2-3-19-52-26-6-4-25(5-7-26)36-53(50)51)23-29-38(15-17-40(29)33(39)41)21-27(43)35-34(11-8-30(44)45,12-9-31(46)47)13-10-32(48)49/h4-7,14-17,33,36H,2-3,8-13,18-23H2,1H3,(H2-3,35,43,44,45,46,47,48,49,50,51)/p+3. The van der Waals surface area contributed by atoms with Crippen LogP contribution in [0.25, 0.3) is 0 Å². The Morgan fingerprint density at radius 3 is 1.89 bits per heavy atom. The number of aliphatic carboxylic acids is 3. The molecule has 0 saturated heterocycles. The molecule has 0 aliphatic carbocycles. The van der Waals surface area contributed by atoms with Gasteiger partial charge in [0.05, 0.1) is 13.2 Å². The number of Topliss-reactive ketones (excluding diaryl/α,β-unsaturated/α-hetero) is 1. The second-order valence-electron chi connectivity index (χ2n) is 13.7. The Balaban J connectivity index is 1.32. The van der Waals surface area contributed by atoms with Crippen molar-refractivity contribution in [1.82, 2.24) is 14.5 Å². The molecule has 0 fully saturated rings. The third-order valence-corrected chi connectivity index (χ3v) is 10.3. The summed E-state index contributed by atoms with van der Waals surface area (Å²) in [6.07, 6.45) is 7.40. The highest BCUT2D eigenvalue weighted by Gasteiger charge is 2.62. The second-order valence-corrected chi connectivity index (χ2v) is 14.4. The molecule has 3 atom stereocenters. The van der Waals surface area contributed by atoms with Crippen LogP contribution in [0.15, 0.2) is 49.1 Å². The number of hydrogen-bond acceptors (Lipinski definition) is 7. The van der Waals surface area contributed by atoms with Gasteiger partial charge in [0.2, 0.25) is 0 Å². The number of nitrogens with one attached hydrogen (secondary N) is 2. The third-order valence-electron chi connectivity index (χ3n) is 9.86. The van der Waals surface area contributed by atoms with Crippen molar-refractivity contribution in [3.05, 3.63) is 60.7 Å². The Hall–Kier alpha value is -5.14. The van der Waals surface area contributed by atoms with Crippen LogP contribution in [0.5, 0.6) is 5.75 Å². The zero-order chi connectivity index (χ0) is 38.3. The van der Waals surface area contributed by atoms with Gasteiger partial charge < -0.3 is 25.4 Å². The van der Waals surface area contributed by atoms with E-state index < -0.39 is 40.6 Å². The maximum absolute atomic E-state index is 13.6. The van der Waals surface area contributed by atoms with E-state index in [1.807, 2.05) is 27.7 Å². The third kappa shape index (κ3) is 9.65. The number of ether oxygens (including phenoxy) is 1. The van der Waals surface area contributed by atoms with Gasteiger partial charge in [-0.2, -0.15) is 0 Å². The molecule has 2 aromatic heterocycles. The summed E-state index contributed by atoms with van der Waals surface area (Å²) in [5, 5.41) is 31.0. The molecule has 0 bridgehead atoms. The predicted molar refractivity (Wildman–Crippen MR) is 184 cm³/mol. The maximum atomic E-state index is 13.6. The summed E-state index contributed by atoms with van der Waals surface area (Å²) >= 11 is -2.17. The molecule has 2 aliphatic rings. The summed E-state index contributed by atoms with van der Waals surface area (Å²) in [6, 6.07) is 6.73. The molecule has 1 amide bonds. The molecule has 6 N–H and O–H groups in total. The molecular formula is C34H46N7O11S+3. The summed E-state index contributed by atoms with van der Waals surface area (Å²) < 4.78 is 36.9. The fraction of sp³-hybridized carbons (Fsp3) is 0.500. The summed E-state index contributed by atoms with van der Waals surface area (Å²) in [5.41, 5.74) is -0.851. The van der Waals surface area contributed by atoms with Crippen molar-refractivity contribution in [2.45, 2.75) is 96.3 Å². The number of imidazole rings is 2. The van der Waals surface area contributed by atoms with Crippen molar-refractivity contribution in [3.63, 3.8) is 0 Å². The van der Waals surface area contributed by atoms with Gasteiger partial charge in [0.15, 0.2) is 25.4 Å². The van der Waals surface area contributed by atoms with E-state index in [-0.39, 0.29) is 63.7 Å². The van der Waals surface area contributed by atoms with Gasteiger partial charge in [0.25, 0.3) is 17.2 Å². The molecule has 0 radical (unpaired) electrons. The molecule has 0 saturated carbocycles. The number of benzene rings is 1. The fourth-order valence-electron chi connectivity index (χ4n) is 7.49. The summed E-state index contributed by atoms with van der Waals surface area (Å²) in [7, 11) is 0. The number of unbranched alkanes of at least 4 members (excludes halogenated alkanes) is 1. The smallest absolute Gasteiger partial charge is 0.380 e. The van der Waals surface area contributed by atoms with Crippen molar-refractivity contribution in [1.29, 1.82) is 0 Å². The normalized spacial score (nSPS) is 17.7. The lowest BCUT2D eigenvalue weighted by atomic mass is 9.83. The number of carbonyl (C=O) groups is 5. The van der Waals surface area contributed by atoms with Crippen LogP contribution >= 0.6 is 0 Å². The van der Waals surface area contributed by atoms with Crippen LogP contribution in [0.4, 0.5) is 5.69 Å². The molecule has 53 heavy (non-hydrogen) atoms. The summed E-state index contributed by atoms with van der Waals surface area (Å²) in [6.45, 7) is 4.02. The predicted octanol–water partition coefficient (Wildman–Crippen LogP) is 1.16. The van der Waals surface area contributed by atoms with E-state index in [4.69, 9.17) is 9.29 Å². The van der Waals surface area contributed by atoms with Crippen LogP contribution in [0.3, 0.4) is 0 Å². The number of nitrogens with zero attached hydrogens (tertiary/aromatic N) is 5. The van der Waals surface area contributed by atoms with Crippen molar-refractivity contribution in [2.75, 3.05) is 17.9 Å². The Morgan fingerprint density at radius 1 is 0.868 bits per heavy atom. The van der Waals surface area contributed by atoms with Gasteiger partial charge in [0.1, 0.15) is 37.1 Å². The van der Waals surface area contributed by atoms with Gasteiger partial charge in [0, 0.05) is 36.9 Å². The molecular weight excluding hydrogens is 714 g/mol. The maximum Gasteiger partial charge on any atom is 0.380 e. The molecule has 286 valence electrons. The minimum absolute atomic E-state index is 0.0323. The first-order chi connectivity index (χ1) is 25.2. The van der Waals surface area contributed by atoms with E-state index in [2.05, 4.69) is 19.2 Å². The Labute approximate surface area is 307 Å². The fourth-order valence-corrected chi connectivity index (χ4v) is 7.82. The number of hydrogen-bond donors (Lipinski definition) is 6. The zero-order valence-corrected chi connectivity index (χ0v) is 30.2. The molecule has 2 aliphatic heterocycles. The number of carbonyl (C=O) groups excluding carboxylic acids is 2. The van der Waals surface area contributed by atoms with Crippen LogP contribution in [-0.4, -0.2) is 86.0 Å². The van der Waals surface area contributed by atoms with E-state index in [0.717, 1.165) is 31.0 Å². The molecule has 18 nitrogen and oxygen atoms in total. The number of rotatable bonds is 22. The number of amides is 1. The molecule has 5 rings (SSSR count). The van der Waals surface area contributed by atoms with Crippen LogP contribution in [0.2, 0.25) is 0 Å². The lowest BCUT2D eigenvalue weighted by molar-refractivity contribution is -0.982. The minimum Gasteiger partial charge on any atom is -0.494 e. The number of aromatic nitrogens is 4. The number of anilines is 1. The largest absolute Gasteiger partial charge is 0.494 e. The van der Waals surface area contributed by atoms with Gasteiger partial charge in [-0.3, -0.25) is 33.2 Å². The summed E-state index contributed by atoms with van der Waals surface area (Å²) in [5.74, 6) is -1.40. The van der Waals surface area contributed by atoms with E-state index in [1.54, 1.807) is 37.4 Å². The monoisotopic (exact) mass is 760 g/mol. The van der Waals surface area contributed by atoms with Crippen LogP contribution in [0, 0.1) is 0 Å². The Kier molecular flexibility index (Phi) is 12.3. The first-order valence-corrected chi connectivity index (χ1v) is 18.4. The minimum atomic E-state index is -2.17. The van der Waals surface area contributed by atoms with Gasteiger partial charge >= 0.3 is 35.8 Å². The van der Waals surface area contributed by atoms with Gasteiger partial charge in [-0.25, -0.2) is 17.8 Å². The van der Waals surface area contributed by atoms with Gasteiger partial charge in [-0.05, 0) is 56.9 Å². The van der Waals surface area contributed by atoms with Crippen LogP contribution in [0.1, 0.15) is 76.2 Å². The average Bonchev–Trinajstić information content (AvgIpc) is 3.80. The molecule has 3 unspecified atom stereocenters. The topological polar surface area (TPSA) is 234 Å². The first-order valence-electron chi connectivity index (χ1n) is 17.3. The molecule has 19 heteroatoms. The molecule has 1 aromatic carbocycles. The number of carboxylic acid groups (broad SMARTS) is 3. The highest BCUT2D eigenvalue weighted by molar-refractivity contribution is 7.80. The number of ketones is 1. The van der Waals surface area contributed by atoms with Crippen molar-refractivity contribution < 1.29 is 66.4 Å². The Morgan fingerprint density at radius 2 is 1.40 bits per heavy atom. The lowest BCUT2D eigenvalue weighted by Gasteiger charge is -2.34. The van der Waals surface area contributed by atoms with Gasteiger partial charge in [-0.15, -0.1) is 9.13 Å². The Bertz CT molecular complexity index is 1830. The molecule has 3 aromatic rings. The first kappa shape index (κ1) is 39.1. The van der Waals surface area contributed by atoms with Crippen molar-refractivity contribution in [2.24, 2.45) is 0 Å². The van der Waals surface area contributed by atoms with Crippen LogP contribution in [-0.2, 0) is 61.4 Å². The zero-order valence-electron chi connectivity index (χ0n) is 29.4. The van der Waals surface area contributed by atoms with E-state index in [0.29, 0.717) is 35.6 Å². The van der Waals surface area contributed by atoms with Crippen molar-refractivity contribution >= 4 is 46.6 Å². The second kappa shape index (κ2) is 16.7. The lowest BCUT2D eigenvalue weighted by Crippen LogP contribution is -2.54. The molecule has 0 spiro atoms. The van der Waals surface area contributed by atoms with Crippen LogP contribution < -0.4 is 23.9 Å². The van der Waals surface area contributed by atoms with E-state index in [9.17, 15) is 43.5 Å². The quantitative estimate of drug-likeness (QED) is 0.0368. The van der Waals surface area contributed by atoms with Crippen molar-refractivity contribution in [3.8, 4) is 5.75 Å². The SMILES string of the molecule is CC(=O)C[n+]1ccn2c1C[N+]1(CCCCOc3ccc(NS(=O)O)cc3)Cc3n(cc[n+]3CC(=O)NC(CCC(=O)O)(CCC(=O)O)CCC(=O)O)C21. The number of fused-ring (bicyclic) bond motifs is 5. The number of carboxylic acids is 3. The number of quaternary nitrogens is 1.